The van der Waals surface area contributed by atoms with Crippen molar-refractivity contribution in [2.24, 2.45) is 0 Å². The zero-order valence-corrected chi connectivity index (χ0v) is 37.3. The van der Waals surface area contributed by atoms with Crippen LogP contribution in [0.4, 0.5) is 0 Å². The molecule has 64 heavy (non-hydrogen) atoms. The molecule has 8 nitrogen and oxygen atoms in total. The fourth-order valence-electron chi connectivity index (χ4n) is 9.83. The zero-order valence-electron chi connectivity index (χ0n) is 37.3. The Morgan fingerprint density at radius 3 is 0.891 bits per heavy atom. The molecule has 8 bridgehead atoms. The number of nitrogens with zero attached hydrogens (tertiary/aromatic N) is 2. The van der Waals surface area contributed by atoms with E-state index in [0.717, 1.165) is 116 Å². The lowest BCUT2D eigenvalue weighted by Gasteiger charge is -2.09. The van der Waals surface area contributed by atoms with Gasteiger partial charge < -0.3 is 28.9 Å². The number of H-pyrrole nitrogens is 2. The summed E-state index contributed by atoms with van der Waals surface area (Å²) in [4.78, 5) is 18.7. The largest absolute Gasteiger partial charge is 0.488 e. The van der Waals surface area contributed by atoms with Gasteiger partial charge in [-0.25, -0.2) is 9.97 Å². The number of aromatic nitrogens is 4. The molecule has 2 aliphatic heterocycles. The summed E-state index contributed by atoms with van der Waals surface area (Å²) in [5, 5.41) is 14.0. The van der Waals surface area contributed by atoms with Crippen molar-refractivity contribution in [2.45, 2.75) is 79.1 Å². The van der Waals surface area contributed by atoms with E-state index in [4.69, 9.17) is 28.9 Å². The number of benzene rings is 4. The van der Waals surface area contributed by atoms with Gasteiger partial charge in [0.15, 0.2) is 23.0 Å². The molecular formula is C56H54N4O4. The number of rotatable bonds is 16. The van der Waals surface area contributed by atoms with E-state index in [1.165, 1.54) is 43.1 Å². The Labute approximate surface area is 371 Å². The summed E-state index contributed by atoms with van der Waals surface area (Å²) in [7, 11) is 0. The van der Waals surface area contributed by atoms with E-state index in [9.17, 15) is 0 Å². The van der Waals surface area contributed by atoms with Crippen molar-refractivity contribution in [1.82, 2.24) is 19.9 Å². The van der Waals surface area contributed by atoms with Crippen LogP contribution in [0.5, 0.6) is 23.0 Å². The predicted octanol–water partition coefficient (Wildman–Crippen LogP) is 14.5. The lowest BCUT2D eigenvalue weighted by atomic mass is 10.1. The minimum Gasteiger partial charge on any atom is -0.488 e. The fraction of sp³-hybridized carbons (Fsp3) is 0.286. The summed E-state index contributed by atoms with van der Waals surface area (Å²) < 4.78 is 27.1. The van der Waals surface area contributed by atoms with Crippen molar-refractivity contribution in [3.8, 4) is 23.0 Å². The van der Waals surface area contributed by atoms with Crippen LogP contribution in [0.25, 0.3) is 87.2 Å². The third-order valence-corrected chi connectivity index (χ3v) is 12.9. The van der Waals surface area contributed by atoms with Crippen LogP contribution < -0.4 is 18.9 Å². The summed E-state index contributed by atoms with van der Waals surface area (Å²) in [6, 6.07) is 35.0. The van der Waals surface area contributed by atoms with Gasteiger partial charge in [-0.2, -0.15) is 0 Å². The van der Waals surface area contributed by atoms with E-state index in [-0.39, 0.29) is 0 Å². The Hall–Kier alpha value is -6.80. The number of hydrogen-bond acceptors (Lipinski definition) is 6. The maximum atomic E-state index is 6.78. The molecule has 2 aliphatic carbocycles. The van der Waals surface area contributed by atoms with Crippen molar-refractivity contribution in [2.75, 3.05) is 26.4 Å². The first kappa shape index (κ1) is 40.0. The highest BCUT2D eigenvalue weighted by Crippen LogP contribution is 2.43. The average molecular weight is 847 g/mol. The second-order valence-corrected chi connectivity index (χ2v) is 17.3. The Balaban J connectivity index is 1.37. The van der Waals surface area contributed by atoms with Crippen molar-refractivity contribution in [1.29, 1.82) is 0 Å². The summed E-state index contributed by atoms with van der Waals surface area (Å²) >= 11 is 0. The van der Waals surface area contributed by atoms with Gasteiger partial charge in [0.05, 0.1) is 70.6 Å². The highest BCUT2D eigenvalue weighted by Gasteiger charge is 2.22. The first-order chi connectivity index (χ1) is 31.6. The molecule has 2 N–H and O–H groups in total. The molecule has 7 aromatic rings. The normalized spacial score (nSPS) is 12.2. The van der Waals surface area contributed by atoms with Crippen LogP contribution >= 0.6 is 0 Å². The van der Waals surface area contributed by atoms with E-state index in [0.29, 0.717) is 49.4 Å². The topological polar surface area (TPSA) is 94.3 Å². The third kappa shape index (κ3) is 6.56. The van der Waals surface area contributed by atoms with Crippen LogP contribution in [-0.4, -0.2) is 46.4 Å². The smallest absolute Gasteiger partial charge is 0.186 e. The van der Waals surface area contributed by atoms with Gasteiger partial charge in [-0.15, -0.1) is 0 Å². The van der Waals surface area contributed by atoms with Crippen LogP contribution in [0.15, 0.2) is 97.1 Å². The predicted molar refractivity (Wildman–Crippen MR) is 263 cm³/mol. The van der Waals surface area contributed by atoms with Crippen LogP contribution in [0, 0.1) is 20.9 Å². The summed E-state index contributed by atoms with van der Waals surface area (Å²) in [5.41, 5.74) is 6.67. The standard InChI is InChI=1S/C56H54N4O4/c1-5-9-25-61-53-43-29-39-49-35-21-13-17-33-18-15-23-37(47(33)35)51(49)41(57-39)31-45-55(63-27-11-7-3)56(64-28-12-8-4)46(60-45)32-42-52-38-24-16-20-34-19-14-22-36(48(34)38)50(52)40(58-42)30-44(59-43)54(53)62-26-10-6-2/h13-24,29-32,59-60H,5-12,25-28H2,1-4H3. The monoisotopic (exact) mass is 846 g/mol. The van der Waals surface area contributed by atoms with Crippen molar-refractivity contribution in [3.63, 3.8) is 0 Å². The highest BCUT2D eigenvalue weighted by atomic mass is 16.5. The van der Waals surface area contributed by atoms with Gasteiger partial charge in [-0.3, -0.25) is 0 Å². The summed E-state index contributed by atoms with van der Waals surface area (Å²) in [6.45, 7) is 11.0. The number of fused-ring (bicyclic) bond motifs is 16. The van der Waals surface area contributed by atoms with E-state index in [1.807, 2.05) is 0 Å². The molecule has 0 saturated carbocycles. The van der Waals surface area contributed by atoms with Gasteiger partial charge in [-0.05, 0) is 93.0 Å². The molecule has 0 spiro atoms. The Kier molecular flexibility index (Phi) is 10.5. The molecular weight excluding hydrogens is 793 g/mol. The molecule has 4 aliphatic rings. The van der Waals surface area contributed by atoms with Gasteiger partial charge in [0.2, 0.25) is 0 Å². The highest BCUT2D eigenvalue weighted by molar-refractivity contribution is 6.16. The van der Waals surface area contributed by atoms with Gasteiger partial charge in [0, 0.05) is 20.9 Å². The van der Waals surface area contributed by atoms with Gasteiger partial charge >= 0.3 is 0 Å². The zero-order chi connectivity index (χ0) is 43.3. The van der Waals surface area contributed by atoms with Crippen LogP contribution in [0.2, 0.25) is 0 Å². The summed E-state index contributed by atoms with van der Waals surface area (Å²) in [5.74, 6) is 2.80. The second-order valence-electron chi connectivity index (χ2n) is 17.3. The summed E-state index contributed by atoms with van der Waals surface area (Å²) in [6.07, 6.45) is 7.73. The number of hydrogen-bond donors (Lipinski definition) is 2. The quantitative estimate of drug-likeness (QED) is 0.0941. The lowest BCUT2D eigenvalue weighted by Crippen LogP contribution is -2.01. The molecule has 0 unspecified atom stereocenters. The second kappa shape index (κ2) is 16.7. The van der Waals surface area contributed by atoms with Gasteiger partial charge in [-0.1, -0.05) is 126 Å². The number of nitrogens with one attached hydrogen (secondary N) is 2. The van der Waals surface area contributed by atoms with E-state index in [1.54, 1.807) is 0 Å². The molecule has 0 atom stereocenters. The van der Waals surface area contributed by atoms with Crippen LogP contribution in [0.1, 0.15) is 79.1 Å². The Morgan fingerprint density at radius 2 is 0.641 bits per heavy atom. The van der Waals surface area contributed by atoms with Crippen LogP contribution in [-0.2, 0) is 0 Å². The van der Waals surface area contributed by atoms with Gasteiger partial charge in [0.25, 0.3) is 0 Å². The molecule has 0 saturated heterocycles. The van der Waals surface area contributed by atoms with Crippen molar-refractivity contribution >= 4 is 87.2 Å². The molecule has 8 heteroatoms. The molecule has 0 fully saturated rings. The average Bonchev–Trinajstić information content (AvgIpc) is 4.14. The fourth-order valence-corrected chi connectivity index (χ4v) is 9.83. The number of unbranched alkanes of at least 4 members (excludes halogenated alkanes) is 4. The Morgan fingerprint density at radius 1 is 0.375 bits per heavy atom. The molecule has 3 aromatic heterocycles. The van der Waals surface area contributed by atoms with Crippen molar-refractivity contribution in [3.05, 3.63) is 118 Å². The number of ether oxygens (including phenoxy) is 4. The van der Waals surface area contributed by atoms with E-state index in [2.05, 4.69) is 135 Å². The first-order valence-corrected chi connectivity index (χ1v) is 23.5. The SMILES string of the molecule is CCCCOc1c(OCCCC)c2cc3nc(cc4[nH]c(cc5nc(cc1[nH]2)c1c2cccc6cccc(c5=1)c62)c(OCCCC)c4OCCCC)c1c2cccc4cccc(c3=1)c42. The first-order valence-electron chi connectivity index (χ1n) is 23.5. The molecule has 0 radical (unpaired) electrons. The molecule has 11 rings (SSSR count). The third-order valence-electron chi connectivity index (χ3n) is 12.9. The molecule has 0 amide bonds. The van der Waals surface area contributed by atoms with E-state index < -0.39 is 0 Å². The Bertz CT molecular complexity index is 3240. The van der Waals surface area contributed by atoms with Gasteiger partial charge in [0.1, 0.15) is 0 Å². The maximum absolute atomic E-state index is 6.78. The van der Waals surface area contributed by atoms with Crippen LogP contribution in [0.3, 0.4) is 0 Å². The minimum atomic E-state index is 0.563. The lowest BCUT2D eigenvalue weighted by molar-refractivity contribution is 0.268. The molecule has 5 heterocycles. The van der Waals surface area contributed by atoms with E-state index >= 15 is 0 Å². The molecule has 322 valence electrons. The minimum absolute atomic E-state index is 0.563. The van der Waals surface area contributed by atoms with Crippen molar-refractivity contribution < 1.29 is 18.9 Å². The number of aromatic amines is 2. The molecule has 4 aromatic carbocycles. The maximum Gasteiger partial charge on any atom is 0.186 e.